The molecule has 1 saturated heterocycles. The number of anilines is 1. The van der Waals surface area contributed by atoms with Crippen LogP contribution < -0.4 is 4.90 Å². The Morgan fingerprint density at radius 3 is 2.19 bits per heavy atom. The van der Waals surface area contributed by atoms with Gasteiger partial charge in [-0.25, -0.2) is 4.68 Å². The van der Waals surface area contributed by atoms with E-state index in [0.29, 0.717) is 5.82 Å². The smallest absolute Gasteiger partial charge is 0.175 e. The van der Waals surface area contributed by atoms with Crippen molar-refractivity contribution in [3.63, 3.8) is 0 Å². The number of hydrogen-bond donors (Lipinski definition) is 0. The molecule has 1 aliphatic rings. The number of piperidine rings is 1. The molecule has 1 aliphatic heterocycles. The quantitative estimate of drug-likeness (QED) is 0.667. The first-order chi connectivity index (χ1) is 13.1. The molecule has 1 aromatic carbocycles. The van der Waals surface area contributed by atoms with Gasteiger partial charge in [-0.05, 0) is 44.9 Å². The molecule has 6 heteroatoms. The van der Waals surface area contributed by atoms with E-state index in [1.807, 2.05) is 62.5 Å². The zero-order valence-corrected chi connectivity index (χ0v) is 15.7. The van der Waals surface area contributed by atoms with Crippen LogP contribution >= 0.6 is 0 Å². The van der Waals surface area contributed by atoms with Gasteiger partial charge in [-0.15, -0.1) is 10.2 Å². The third-order valence-corrected chi connectivity index (χ3v) is 5.12. The van der Waals surface area contributed by atoms with Gasteiger partial charge in [0.2, 0.25) is 0 Å². The molecule has 2 aromatic heterocycles. The predicted molar refractivity (Wildman–Crippen MR) is 104 cm³/mol. The number of carbonyl (C=O) groups is 1. The summed E-state index contributed by atoms with van der Waals surface area (Å²) < 4.78 is 1.72. The van der Waals surface area contributed by atoms with Crippen LogP contribution in [0, 0.1) is 19.8 Å². The van der Waals surface area contributed by atoms with Gasteiger partial charge in [-0.1, -0.05) is 29.8 Å². The molecule has 0 bridgehead atoms. The first-order valence-corrected chi connectivity index (χ1v) is 9.32. The number of ketones is 1. The van der Waals surface area contributed by atoms with Crippen molar-refractivity contribution in [1.29, 1.82) is 0 Å². The van der Waals surface area contributed by atoms with E-state index in [1.165, 1.54) is 5.56 Å². The van der Waals surface area contributed by atoms with Crippen LogP contribution in [0.4, 0.5) is 5.82 Å². The molecule has 0 amide bonds. The molecule has 3 aromatic rings. The zero-order valence-electron chi connectivity index (χ0n) is 15.7. The normalized spacial score (nSPS) is 15.1. The molecule has 0 radical (unpaired) electrons. The molecule has 3 heterocycles. The Morgan fingerprint density at radius 1 is 0.926 bits per heavy atom. The minimum atomic E-state index is 0.0863. The third kappa shape index (κ3) is 3.74. The largest absolute Gasteiger partial charge is 0.355 e. The molecule has 1 fully saturated rings. The highest BCUT2D eigenvalue weighted by molar-refractivity contribution is 5.98. The lowest BCUT2D eigenvalue weighted by molar-refractivity contribution is 0.0900. The van der Waals surface area contributed by atoms with Crippen LogP contribution in [0.3, 0.4) is 0 Å². The molecule has 0 atom stereocenters. The number of nitrogens with zero attached hydrogens (tertiary/aromatic N) is 5. The molecule has 0 saturated carbocycles. The monoisotopic (exact) mass is 361 g/mol. The minimum Gasteiger partial charge on any atom is -0.355 e. The minimum absolute atomic E-state index is 0.0863. The van der Waals surface area contributed by atoms with Crippen LogP contribution in [0.5, 0.6) is 0 Å². The third-order valence-electron chi connectivity index (χ3n) is 5.12. The number of carbonyl (C=O) groups excluding carboxylic acids is 1. The second-order valence-electron chi connectivity index (χ2n) is 7.14. The summed E-state index contributed by atoms with van der Waals surface area (Å²) >= 11 is 0. The second kappa shape index (κ2) is 7.31. The molecule has 27 heavy (non-hydrogen) atoms. The summed E-state index contributed by atoms with van der Waals surface area (Å²) in [4.78, 5) is 14.9. The molecule has 0 N–H and O–H groups in total. The predicted octanol–water partition coefficient (Wildman–Crippen LogP) is 3.38. The maximum absolute atomic E-state index is 12.7. The van der Waals surface area contributed by atoms with Crippen molar-refractivity contribution in [2.75, 3.05) is 18.0 Å². The first kappa shape index (κ1) is 17.4. The summed E-state index contributed by atoms with van der Waals surface area (Å²) in [5.41, 5.74) is 2.94. The van der Waals surface area contributed by atoms with Crippen molar-refractivity contribution < 1.29 is 4.79 Å². The summed E-state index contributed by atoms with van der Waals surface area (Å²) in [7, 11) is 0. The Morgan fingerprint density at radius 2 is 1.59 bits per heavy atom. The van der Waals surface area contributed by atoms with Gasteiger partial charge in [0.1, 0.15) is 0 Å². The Hall–Kier alpha value is -3.02. The molecule has 4 rings (SSSR count). The summed E-state index contributed by atoms with van der Waals surface area (Å²) in [6.45, 7) is 5.61. The van der Waals surface area contributed by atoms with Crippen LogP contribution in [0.25, 0.3) is 5.82 Å². The lowest BCUT2D eigenvalue weighted by Gasteiger charge is -2.31. The number of aryl methyl sites for hydroxylation is 2. The molecular formula is C21H23N5O. The summed E-state index contributed by atoms with van der Waals surface area (Å²) in [6.07, 6.45) is 3.56. The van der Waals surface area contributed by atoms with E-state index in [4.69, 9.17) is 0 Å². The Balaban J connectivity index is 1.39. The van der Waals surface area contributed by atoms with E-state index in [9.17, 15) is 4.79 Å². The van der Waals surface area contributed by atoms with E-state index < -0.39 is 0 Å². The topological polar surface area (TPSA) is 63.9 Å². The van der Waals surface area contributed by atoms with E-state index in [2.05, 4.69) is 20.2 Å². The average molecular weight is 361 g/mol. The average Bonchev–Trinajstić information content (AvgIpc) is 3.15. The number of Topliss-reactive ketones (excluding diaryl/α,β-unsaturated/α-hetero) is 1. The van der Waals surface area contributed by atoms with E-state index >= 15 is 0 Å². The Bertz CT molecular complexity index is 922. The molecule has 0 spiro atoms. The SMILES string of the molecule is Cc1ccc(C(=O)C2CCN(c3ccc(-n4ccc(C)n4)nn3)CC2)cc1. The van der Waals surface area contributed by atoms with Crippen molar-refractivity contribution in [3.05, 3.63) is 65.5 Å². The standard InChI is InChI=1S/C21H23N5O/c1-15-3-5-17(6-4-15)21(27)18-10-12-25(13-11-18)19-7-8-20(23-22-19)26-14-9-16(2)24-26/h3-9,14,18H,10-13H2,1-2H3. The van der Waals surface area contributed by atoms with Crippen LogP contribution in [-0.4, -0.2) is 38.9 Å². The second-order valence-corrected chi connectivity index (χ2v) is 7.14. The summed E-state index contributed by atoms with van der Waals surface area (Å²) in [6, 6.07) is 13.7. The van der Waals surface area contributed by atoms with Gasteiger partial charge in [0.25, 0.3) is 0 Å². The summed E-state index contributed by atoms with van der Waals surface area (Å²) in [5, 5.41) is 13.0. The Kier molecular flexibility index (Phi) is 4.71. The highest BCUT2D eigenvalue weighted by atomic mass is 16.1. The van der Waals surface area contributed by atoms with E-state index in [-0.39, 0.29) is 11.7 Å². The zero-order chi connectivity index (χ0) is 18.8. The van der Waals surface area contributed by atoms with Gasteiger partial charge in [0.05, 0.1) is 5.69 Å². The maximum Gasteiger partial charge on any atom is 0.175 e. The van der Waals surface area contributed by atoms with Gasteiger partial charge in [-0.3, -0.25) is 4.79 Å². The number of rotatable bonds is 4. The fourth-order valence-corrected chi connectivity index (χ4v) is 3.48. The van der Waals surface area contributed by atoms with Crippen molar-refractivity contribution in [2.45, 2.75) is 26.7 Å². The maximum atomic E-state index is 12.7. The van der Waals surface area contributed by atoms with Gasteiger partial charge >= 0.3 is 0 Å². The molecule has 0 unspecified atom stereocenters. The molecule has 138 valence electrons. The van der Waals surface area contributed by atoms with Crippen molar-refractivity contribution in [2.24, 2.45) is 5.92 Å². The fraction of sp³-hybridized carbons (Fsp3) is 0.333. The number of hydrogen-bond acceptors (Lipinski definition) is 5. The van der Waals surface area contributed by atoms with Crippen LogP contribution in [0.1, 0.15) is 34.5 Å². The van der Waals surface area contributed by atoms with Crippen molar-refractivity contribution in [3.8, 4) is 5.82 Å². The van der Waals surface area contributed by atoms with Crippen molar-refractivity contribution in [1.82, 2.24) is 20.0 Å². The van der Waals surface area contributed by atoms with Gasteiger partial charge in [0, 0.05) is 30.8 Å². The summed E-state index contributed by atoms with van der Waals surface area (Å²) in [5.74, 6) is 1.90. The lowest BCUT2D eigenvalue weighted by atomic mass is 9.88. The highest BCUT2D eigenvalue weighted by Crippen LogP contribution is 2.25. The van der Waals surface area contributed by atoms with Gasteiger partial charge in [-0.2, -0.15) is 5.10 Å². The van der Waals surface area contributed by atoms with Gasteiger partial charge < -0.3 is 4.90 Å². The Labute approximate surface area is 158 Å². The van der Waals surface area contributed by atoms with Crippen molar-refractivity contribution >= 4 is 11.6 Å². The lowest BCUT2D eigenvalue weighted by Crippen LogP contribution is -2.37. The molecule has 0 aliphatic carbocycles. The van der Waals surface area contributed by atoms with Gasteiger partial charge in [0.15, 0.2) is 17.4 Å². The van der Waals surface area contributed by atoms with E-state index in [1.54, 1.807) is 4.68 Å². The van der Waals surface area contributed by atoms with Crippen LogP contribution in [0.2, 0.25) is 0 Å². The van der Waals surface area contributed by atoms with Crippen LogP contribution in [-0.2, 0) is 0 Å². The fourth-order valence-electron chi connectivity index (χ4n) is 3.48. The molecular weight excluding hydrogens is 338 g/mol. The highest BCUT2D eigenvalue weighted by Gasteiger charge is 2.26. The number of benzene rings is 1. The molecule has 6 nitrogen and oxygen atoms in total. The van der Waals surface area contributed by atoms with Crippen LogP contribution in [0.15, 0.2) is 48.7 Å². The first-order valence-electron chi connectivity index (χ1n) is 9.32. The number of aromatic nitrogens is 4. The van der Waals surface area contributed by atoms with E-state index in [0.717, 1.165) is 43.0 Å².